The average Bonchev–Trinajstić information content (AvgIpc) is 3.35. The van der Waals surface area contributed by atoms with Crippen molar-refractivity contribution in [2.75, 3.05) is 13.2 Å². The van der Waals surface area contributed by atoms with Crippen molar-refractivity contribution in [3.05, 3.63) is 60.0 Å². The molecule has 1 saturated heterocycles. The molecule has 1 fully saturated rings. The van der Waals surface area contributed by atoms with E-state index in [0.29, 0.717) is 24.5 Å². The first-order chi connectivity index (χ1) is 12.8. The fourth-order valence-electron chi connectivity index (χ4n) is 2.94. The molecule has 4 rings (SSSR count). The monoisotopic (exact) mass is 352 g/mol. The van der Waals surface area contributed by atoms with Crippen LogP contribution in [0.5, 0.6) is 5.75 Å². The first-order valence-electron chi connectivity index (χ1n) is 8.71. The van der Waals surface area contributed by atoms with Gasteiger partial charge in [0.15, 0.2) is 11.5 Å². The van der Waals surface area contributed by atoms with Gasteiger partial charge in [0.2, 0.25) is 0 Å². The number of carbonyl (C=O) groups is 1. The zero-order chi connectivity index (χ0) is 17.8. The third-order valence-corrected chi connectivity index (χ3v) is 4.37. The van der Waals surface area contributed by atoms with Crippen LogP contribution in [0.4, 0.5) is 0 Å². The van der Waals surface area contributed by atoms with E-state index in [1.165, 1.54) is 0 Å². The molecular weight excluding hydrogens is 332 g/mol. The van der Waals surface area contributed by atoms with Gasteiger partial charge in [-0.15, -0.1) is 10.2 Å². The van der Waals surface area contributed by atoms with Gasteiger partial charge in [-0.05, 0) is 49.2 Å². The summed E-state index contributed by atoms with van der Waals surface area (Å²) in [6, 6.07) is 12.8. The highest BCUT2D eigenvalue weighted by Crippen LogP contribution is 2.16. The molecule has 134 valence electrons. The molecule has 1 atom stereocenters. The van der Waals surface area contributed by atoms with E-state index >= 15 is 0 Å². The number of ether oxygens (including phenoxy) is 2. The Hall–Kier alpha value is -2.93. The molecule has 0 radical (unpaired) electrons. The van der Waals surface area contributed by atoms with Crippen molar-refractivity contribution < 1.29 is 14.3 Å². The van der Waals surface area contributed by atoms with Crippen LogP contribution in [0.25, 0.3) is 5.65 Å². The second kappa shape index (κ2) is 7.53. The van der Waals surface area contributed by atoms with Crippen LogP contribution in [0.15, 0.2) is 48.7 Å². The van der Waals surface area contributed by atoms with E-state index in [4.69, 9.17) is 9.47 Å². The van der Waals surface area contributed by atoms with Gasteiger partial charge in [-0.1, -0.05) is 6.07 Å². The minimum absolute atomic E-state index is 0.164. The molecule has 7 heteroatoms. The van der Waals surface area contributed by atoms with Crippen LogP contribution in [-0.4, -0.2) is 39.8 Å². The highest BCUT2D eigenvalue weighted by molar-refractivity contribution is 5.94. The molecule has 1 aliphatic rings. The summed E-state index contributed by atoms with van der Waals surface area (Å²) >= 11 is 0. The third kappa shape index (κ3) is 3.67. The van der Waals surface area contributed by atoms with Crippen LogP contribution < -0.4 is 10.1 Å². The average molecular weight is 352 g/mol. The Balaban J connectivity index is 1.32. The Morgan fingerprint density at radius 1 is 1.23 bits per heavy atom. The number of pyridine rings is 1. The van der Waals surface area contributed by atoms with Gasteiger partial charge in [-0.3, -0.25) is 9.20 Å². The molecule has 7 nitrogen and oxygen atoms in total. The van der Waals surface area contributed by atoms with Gasteiger partial charge in [-0.2, -0.15) is 0 Å². The topological polar surface area (TPSA) is 77.8 Å². The number of amides is 1. The zero-order valence-electron chi connectivity index (χ0n) is 14.3. The summed E-state index contributed by atoms with van der Waals surface area (Å²) < 4.78 is 13.1. The molecule has 2 aromatic heterocycles. The van der Waals surface area contributed by atoms with Crippen molar-refractivity contribution in [2.45, 2.75) is 25.5 Å². The smallest absolute Gasteiger partial charge is 0.251 e. The number of hydrogen-bond donors (Lipinski definition) is 1. The number of benzene rings is 1. The number of aromatic nitrogens is 3. The van der Waals surface area contributed by atoms with Gasteiger partial charge in [0.25, 0.3) is 5.91 Å². The number of hydrogen-bond acceptors (Lipinski definition) is 5. The standard InChI is InChI=1S/C19H20N4O3/c24-19(20-12-18-22-21-17-5-1-2-10-23(17)18)14-6-8-15(9-7-14)26-13-16-4-3-11-25-16/h1-2,5-10,16H,3-4,11-13H2,(H,20,24)/t16-/m0/s1. The molecule has 0 spiro atoms. The van der Waals surface area contributed by atoms with Gasteiger partial charge >= 0.3 is 0 Å². The molecule has 0 unspecified atom stereocenters. The summed E-state index contributed by atoms with van der Waals surface area (Å²) in [5.41, 5.74) is 1.33. The second-order valence-electron chi connectivity index (χ2n) is 6.20. The Morgan fingerprint density at radius 3 is 2.92 bits per heavy atom. The van der Waals surface area contributed by atoms with Crippen molar-refractivity contribution in [2.24, 2.45) is 0 Å². The van der Waals surface area contributed by atoms with Crippen molar-refractivity contribution >= 4 is 11.6 Å². The van der Waals surface area contributed by atoms with E-state index in [1.54, 1.807) is 24.3 Å². The van der Waals surface area contributed by atoms with E-state index in [9.17, 15) is 4.79 Å². The van der Waals surface area contributed by atoms with Gasteiger partial charge in [0, 0.05) is 18.4 Å². The van der Waals surface area contributed by atoms with Crippen LogP contribution in [0.3, 0.4) is 0 Å². The predicted molar refractivity (Wildman–Crippen MR) is 95.1 cm³/mol. The summed E-state index contributed by atoms with van der Waals surface area (Å²) in [5.74, 6) is 1.26. The Kier molecular flexibility index (Phi) is 4.79. The van der Waals surface area contributed by atoms with E-state index in [0.717, 1.165) is 30.8 Å². The SMILES string of the molecule is O=C(NCc1nnc2ccccn12)c1ccc(OC[C@@H]2CCCO2)cc1. The van der Waals surface area contributed by atoms with Crippen LogP contribution in [0.2, 0.25) is 0 Å². The lowest BCUT2D eigenvalue weighted by molar-refractivity contribution is 0.0679. The molecule has 0 aliphatic carbocycles. The maximum Gasteiger partial charge on any atom is 0.251 e. The highest BCUT2D eigenvalue weighted by Gasteiger charge is 2.16. The van der Waals surface area contributed by atoms with E-state index < -0.39 is 0 Å². The summed E-state index contributed by atoms with van der Waals surface area (Å²) in [6.45, 7) is 1.67. The largest absolute Gasteiger partial charge is 0.491 e. The maximum absolute atomic E-state index is 12.3. The Labute approximate surface area is 151 Å². The van der Waals surface area contributed by atoms with Crippen LogP contribution in [0, 0.1) is 0 Å². The molecule has 1 aliphatic heterocycles. The van der Waals surface area contributed by atoms with Crippen molar-refractivity contribution in [3.63, 3.8) is 0 Å². The minimum Gasteiger partial charge on any atom is -0.491 e. The third-order valence-electron chi connectivity index (χ3n) is 4.37. The van der Waals surface area contributed by atoms with Crippen LogP contribution in [0.1, 0.15) is 29.0 Å². The van der Waals surface area contributed by atoms with Crippen LogP contribution in [-0.2, 0) is 11.3 Å². The lowest BCUT2D eigenvalue weighted by Crippen LogP contribution is -2.24. The molecule has 1 aromatic carbocycles. The molecule has 0 saturated carbocycles. The number of rotatable bonds is 6. The Morgan fingerprint density at radius 2 is 2.12 bits per heavy atom. The maximum atomic E-state index is 12.3. The molecule has 26 heavy (non-hydrogen) atoms. The second-order valence-corrected chi connectivity index (χ2v) is 6.20. The fraction of sp³-hybridized carbons (Fsp3) is 0.316. The molecule has 3 heterocycles. The Bertz CT molecular complexity index is 885. The van der Waals surface area contributed by atoms with E-state index in [1.807, 2.05) is 28.8 Å². The lowest BCUT2D eigenvalue weighted by atomic mass is 10.2. The number of fused-ring (bicyclic) bond motifs is 1. The van der Waals surface area contributed by atoms with Crippen molar-refractivity contribution in [1.29, 1.82) is 0 Å². The molecule has 3 aromatic rings. The summed E-state index contributed by atoms with van der Waals surface area (Å²) in [6.07, 6.45) is 4.18. The van der Waals surface area contributed by atoms with Crippen molar-refractivity contribution in [3.8, 4) is 5.75 Å². The van der Waals surface area contributed by atoms with Crippen LogP contribution >= 0.6 is 0 Å². The fourth-order valence-corrected chi connectivity index (χ4v) is 2.94. The number of nitrogens with zero attached hydrogens (tertiary/aromatic N) is 3. The number of carbonyl (C=O) groups excluding carboxylic acids is 1. The first kappa shape index (κ1) is 16.5. The van der Waals surface area contributed by atoms with Gasteiger partial charge in [-0.25, -0.2) is 0 Å². The molecule has 1 amide bonds. The van der Waals surface area contributed by atoms with E-state index in [-0.39, 0.29) is 12.0 Å². The first-order valence-corrected chi connectivity index (χ1v) is 8.71. The minimum atomic E-state index is -0.164. The molecule has 0 bridgehead atoms. The lowest BCUT2D eigenvalue weighted by Gasteiger charge is -2.11. The summed E-state index contributed by atoms with van der Waals surface area (Å²) in [4.78, 5) is 12.3. The number of nitrogens with one attached hydrogen (secondary N) is 1. The van der Waals surface area contributed by atoms with Crippen molar-refractivity contribution in [1.82, 2.24) is 19.9 Å². The predicted octanol–water partition coefficient (Wildman–Crippen LogP) is 2.22. The quantitative estimate of drug-likeness (QED) is 0.736. The van der Waals surface area contributed by atoms with E-state index in [2.05, 4.69) is 15.5 Å². The van der Waals surface area contributed by atoms with Gasteiger partial charge in [0.1, 0.15) is 12.4 Å². The van der Waals surface area contributed by atoms with Gasteiger partial charge < -0.3 is 14.8 Å². The summed E-state index contributed by atoms with van der Waals surface area (Å²) in [7, 11) is 0. The highest BCUT2D eigenvalue weighted by atomic mass is 16.5. The molecular formula is C19H20N4O3. The molecule has 1 N–H and O–H groups in total. The van der Waals surface area contributed by atoms with Gasteiger partial charge in [0.05, 0.1) is 12.6 Å². The normalized spacial score (nSPS) is 16.7. The zero-order valence-corrected chi connectivity index (χ0v) is 14.3. The summed E-state index contributed by atoms with van der Waals surface area (Å²) in [5, 5.41) is 11.0.